The normalized spacial score (nSPS) is 30.0. The molecule has 0 aromatic rings. The molecule has 0 aromatic carbocycles. The Labute approximate surface area is 79.9 Å². The van der Waals surface area contributed by atoms with Crippen LogP contribution in [0.2, 0.25) is 0 Å². The molecule has 0 spiro atoms. The zero-order valence-corrected chi connectivity index (χ0v) is 8.20. The molecule has 2 heteroatoms. The van der Waals surface area contributed by atoms with Crippen molar-refractivity contribution in [3.05, 3.63) is 24.8 Å². The van der Waals surface area contributed by atoms with Crippen LogP contribution in [0.3, 0.4) is 0 Å². The maximum atomic E-state index is 9.86. The van der Waals surface area contributed by atoms with Crippen molar-refractivity contribution in [2.45, 2.75) is 37.9 Å². The van der Waals surface area contributed by atoms with Crippen LogP contribution >= 0.6 is 0 Å². The molecule has 1 aliphatic rings. The second kappa shape index (κ2) is 4.58. The van der Waals surface area contributed by atoms with Crippen LogP contribution in [0, 0.1) is 0 Å². The molecule has 74 valence electrons. The molecule has 1 heterocycles. The second-order valence-corrected chi connectivity index (χ2v) is 3.68. The smallest absolute Gasteiger partial charge is 0.0950 e. The van der Waals surface area contributed by atoms with E-state index in [1.807, 2.05) is 19.1 Å². The van der Waals surface area contributed by atoms with Gasteiger partial charge in [-0.1, -0.05) is 18.2 Å². The second-order valence-electron chi connectivity index (χ2n) is 3.68. The molecule has 0 saturated heterocycles. The van der Waals surface area contributed by atoms with Gasteiger partial charge in [0.1, 0.15) is 0 Å². The minimum Gasteiger partial charge on any atom is -0.390 e. The fourth-order valence-electron chi connectivity index (χ4n) is 1.50. The van der Waals surface area contributed by atoms with Crippen molar-refractivity contribution in [3.8, 4) is 0 Å². The van der Waals surface area contributed by atoms with Gasteiger partial charge in [0.15, 0.2) is 0 Å². The van der Waals surface area contributed by atoms with Crippen LogP contribution in [0.15, 0.2) is 24.8 Å². The Balaban J connectivity index is 2.47. The summed E-state index contributed by atoms with van der Waals surface area (Å²) in [5.41, 5.74) is -0.391. The van der Waals surface area contributed by atoms with Crippen LogP contribution in [-0.2, 0) is 4.74 Å². The van der Waals surface area contributed by atoms with E-state index < -0.39 is 11.7 Å². The van der Waals surface area contributed by atoms with Crippen molar-refractivity contribution < 1.29 is 9.84 Å². The number of allylic oxidation sites excluding steroid dienone is 1. The van der Waals surface area contributed by atoms with Crippen LogP contribution in [0.1, 0.15) is 26.2 Å². The molecular weight excluding hydrogens is 164 g/mol. The molecule has 1 aliphatic heterocycles. The van der Waals surface area contributed by atoms with Crippen molar-refractivity contribution in [1.29, 1.82) is 0 Å². The number of hydrogen-bond acceptors (Lipinski definition) is 2. The fraction of sp³-hybridized carbons (Fsp3) is 0.636. The lowest BCUT2D eigenvalue weighted by Crippen LogP contribution is -2.43. The van der Waals surface area contributed by atoms with E-state index in [0.29, 0.717) is 6.61 Å². The van der Waals surface area contributed by atoms with Crippen molar-refractivity contribution in [3.63, 3.8) is 0 Å². The topological polar surface area (TPSA) is 29.5 Å². The summed E-state index contributed by atoms with van der Waals surface area (Å²) in [4.78, 5) is 0. The van der Waals surface area contributed by atoms with E-state index in [1.54, 1.807) is 0 Å². The Morgan fingerprint density at radius 3 is 3.00 bits per heavy atom. The minimum absolute atomic E-state index is 0.391. The van der Waals surface area contributed by atoms with Crippen molar-refractivity contribution in [2.24, 2.45) is 0 Å². The Morgan fingerprint density at radius 1 is 1.69 bits per heavy atom. The maximum absolute atomic E-state index is 9.86. The summed E-state index contributed by atoms with van der Waals surface area (Å²) in [7, 11) is 0. The summed E-state index contributed by atoms with van der Waals surface area (Å²) in [6.07, 6.45) is 7.85. The minimum atomic E-state index is -0.393. The summed E-state index contributed by atoms with van der Waals surface area (Å²) < 4.78 is 5.55. The van der Waals surface area contributed by atoms with E-state index in [-0.39, 0.29) is 0 Å². The highest BCUT2D eigenvalue weighted by atomic mass is 16.5. The van der Waals surface area contributed by atoms with Gasteiger partial charge in [-0.15, -0.1) is 6.58 Å². The Morgan fingerprint density at radius 2 is 2.46 bits per heavy atom. The van der Waals surface area contributed by atoms with Gasteiger partial charge in [-0.2, -0.15) is 0 Å². The van der Waals surface area contributed by atoms with E-state index in [0.717, 1.165) is 19.3 Å². The quantitative estimate of drug-likeness (QED) is 0.674. The van der Waals surface area contributed by atoms with E-state index in [1.165, 1.54) is 0 Å². The largest absolute Gasteiger partial charge is 0.390 e. The van der Waals surface area contributed by atoms with E-state index >= 15 is 0 Å². The summed E-state index contributed by atoms with van der Waals surface area (Å²) >= 11 is 0. The van der Waals surface area contributed by atoms with Gasteiger partial charge in [0.2, 0.25) is 0 Å². The van der Waals surface area contributed by atoms with Crippen LogP contribution < -0.4 is 0 Å². The van der Waals surface area contributed by atoms with Crippen LogP contribution in [0.5, 0.6) is 0 Å². The third-order valence-electron chi connectivity index (χ3n) is 2.55. The third-order valence-corrected chi connectivity index (χ3v) is 2.55. The van der Waals surface area contributed by atoms with Gasteiger partial charge in [0.05, 0.1) is 18.3 Å². The molecule has 0 aliphatic carbocycles. The number of rotatable bonds is 4. The molecule has 2 nitrogen and oxygen atoms in total. The fourth-order valence-corrected chi connectivity index (χ4v) is 1.50. The lowest BCUT2D eigenvalue weighted by atomic mass is 9.90. The summed E-state index contributed by atoms with van der Waals surface area (Å²) in [6.45, 7) is 6.21. The van der Waals surface area contributed by atoms with Gasteiger partial charge < -0.3 is 9.84 Å². The molecule has 13 heavy (non-hydrogen) atoms. The highest BCUT2D eigenvalue weighted by Gasteiger charge is 2.33. The van der Waals surface area contributed by atoms with E-state index in [4.69, 9.17) is 4.74 Å². The Kier molecular flexibility index (Phi) is 3.70. The zero-order chi connectivity index (χ0) is 9.73. The Hall–Kier alpha value is -0.600. The molecule has 0 fully saturated rings. The lowest BCUT2D eigenvalue weighted by Gasteiger charge is -2.35. The molecule has 0 radical (unpaired) electrons. The standard InChI is InChI=1S/C11H18O2/c1-3-4-7-10(12)11(2)8-5-6-9-13-11/h3,5-6,10,12H,1,4,7-9H2,2H3/t10-,11-/m0/s1. The molecule has 0 amide bonds. The SMILES string of the molecule is C=CCC[C@H](O)[C@]1(C)CC=CCO1. The third kappa shape index (κ3) is 2.68. The molecule has 1 rings (SSSR count). The molecule has 0 bridgehead atoms. The monoisotopic (exact) mass is 182 g/mol. The van der Waals surface area contributed by atoms with Gasteiger partial charge in [-0.25, -0.2) is 0 Å². The van der Waals surface area contributed by atoms with Crippen molar-refractivity contribution >= 4 is 0 Å². The predicted molar refractivity (Wildman–Crippen MR) is 53.6 cm³/mol. The molecule has 0 unspecified atom stereocenters. The lowest BCUT2D eigenvalue weighted by molar-refractivity contribution is -0.108. The molecule has 0 saturated carbocycles. The van der Waals surface area contributed by atoms with E-state index in [2.05, 4.69) is 12.7 Å². The van der Waals surface area contributed by atoms with Crippen molar-refractivity contribution in [1.82, 2.24) is 0 Å². The average Bonchev–Trinajstić information content (AvgIpc) is 2.15. The average molecular weight is 182 g/mol. The zero-order valence-electron chi connectivity index (χ0n) is 8.20. The first-order chi connectivity index (χ1) is 6.19. The number of aliphatic hydroxyl groups excluding tert-OH is 1. The summed E-state index contributed by atoms with van der Waals surface area (Å²) in [5, 5.41) is 9.86. The van der Waals surface area contributed by atoms with Crippen molar-refractivity contribution in [2.75, 3.05) is 6.61 Å². The summed E-state index contributed by atoms with van der Waals surface area (Å²) in [6, 6.07) is 0. The molecular formula is C11H18O2. The van der Waals surface area contributed by atoms with Gasteiger partial charge in [-0.3, -0.25) is 0 Å². The maximum Gasteiger partial charge on any atom is 0.0950 e. The summed E-state index contributed by atoms with van der Waals surface area (Å²) in [5.74, 6) is 0. The van der Waals surface area contributed by atoms with Crippen LogP contribution in [0.4, 0.5) is 0 Å². The van der Waals surface area contributed by atoms with Gasteiger partial charge >= 0.3 is 0 Å². The van der Waals surface area contributed by atoms with Crippen LogP contribution in [0.25, 0.3) is 0 Å². The van der Waals surface area contributed by atoms with Gasteiger partial charge in [-0.05, 0) is 26.2 Å². The van der Waals surface area contributed by atoms with Gasteiger partial charge in [0, 0.05) is 0 Å². The molecule has 1 N–H and O–H groups in total. The molecule has 0 aromatic heterocycles. The molecule has 2 atom stereocenters. The highest BCUT2D eigenvalue weighted by molar-refractivity contribution is 4.99. The first-order valence-electron chi connectivity index (χ1n) is 4.77. The highest BCUT2D eigenvalue weighted by Crippen LogP contribution is 2.26. The predicted octanol–water partition coefficient (Wildman–Crippen LogP) is 2.05. The first-order valence-corrected chi connectivity index (χ1v) is 4.77. The number of hydrogen-bond donors (Lipinski definition) is 1. The van der Waals surface area contributed by atoms with Gasteiger partial charge in [0.25, 0.3) is 0 Å². The first kappa shape index (κ1) is 10.5. The number of aliphatic hydroxyl groups is 1. The number of ether oxygens (including phenoxy) is 1. The van der Waals surface area contributed by atoms with Crippen LogP contribution in [-0.4, -0.2) is 23.4 Å². The van der Waals surface area contributed by atoms with E-state index in [9.17, 15) is 5.11 Å². The Bertz CT molecular complexity index is 198.